The lowest BCUT2D eigenvalue weighted by Crippen LogP contribution is -2.32. The van der Waals surface area contributed by atoms with Crippen molar-refractivity contribution in [3.05, 3.63) is 0 Å². The van der Waals surface area contributed by atoms with Crippen LogP contribution < -0.4 is 0 Å². The zero-order valence-corrected chi connectivity index (χ0v) is 8.78. The maximum Gasteiger partial charge on any atom is 0.134 e. The summed E-state index contributed by atoms with van der Waals surface area (Å²) in [6.07, 6.45) is 3.43. The number of ketones is 1. The molecule has 3 nitrogen and oxygen atoms in total. The topological polar surface area (TPSA) is 40.5 Å². The number of nitrogens with zero attached hydrogens (tertiary/aromatic N) is 1. The molecule has 80 valence electrons. The molecular weight excluding hydrogens is 178 g/mol. The van der Waals surface area contributed by atoms with Crippen molar-refractivity contribution >= 4 is 5.78 Å². The van der Waals surface area contributed by atoms with Crippen molar-refractivity contribution < 1.29 is 9.90 Å². The Labute approximate surface area is 85.1 Å². The quantitative estimate of drug-likeness (QED) is 0.712. The average molecular weight is 197 g/mol. The van der Waals surface area contributed by atoms with Crippen molar-refractivity contribution in [1.29, 1.82) is 0 Å². The fourth-order valence-electron chi connectivity index (χ4n) is 2.65. The lowest BCUT2D eigenvalue weighted by molar-refractivity contribution is -0.117. The molecule has 0 bridgehead atoms. The van der Waals surface area contributed by atoms with Gasteiger partial charge in [-0.2, -0.15) is 0 Å². The number of rotatable bonds is 2. The number of carbonyl (C=O) groups excluding carboxylic acids is 1. The van der Waals surface area contributed by atoms with E-state index in [0.717, 1.165) is 38.8 Å². The van der Waals surface area contributed by atoms with E-state index in [9.17, 15) is 9.90 Å². The second kappa shape index (κ2) is 3.99. The summed E-state index contributed by atoms with van der Waals surface area (Å²) in [6.45, 7) is 3.91. The number of hydrogen-bond donors (Lipinski definition) is 1. The van der Waals surface area contributed by atoms with Gasteiger partial charge in [0, 0.05) is 25.4 Å². The molecule has 14 heavy (non-hydrogen) atoms. The maximum absolute atomic E-state index is 11.1. The smallest absolute Gasteiger partial charge is 0.134 e. The van der Waals surface area contributed by atoms with Gasteiger partial charge in [0.1, 0.15) is 5.78 Å². The normalized spacial score (nSPS) is 36.6. The largest absolute Gasteiger partial charge is 0.393 e. The fourth-order valence-corrected chi connectivity index (χ4v) is 2.65. The second-order valence-electron chi connectivity index (χ2n) is 4.72. The number of likely N-dealkylation sites (tertiary alicyclic amines) is 1. The van der Waals surface area contributed by atoms with Gasteiger partial charge in [-0.25, -0.2) is 0 Å². The molecule has 1 heterocycles. The zero-order valence-electron chi connectivity index (χ0n) is 8.78. The fraction of sp³-hybridized carbons (Fsp3) is 0.909. The van der Waals surface area contributed by atoms with Crippen LogP contribution in [0.5, 0.6) is 0 Å². The highest BCUT2D eigenvalue weighted by atomic mass is 16.3. The van der Waals surface area contributed by atoms with E-state index < -0.39 is 0 Å². The maximum atomic E-state index is 11.1. The van der Waals surface area contributed by atoms with Crippen LogP contribution in [0, 0.1) is 5.92 Å². The van der Waals surface area contributed by atoms with Crippen LogP contribution in [-0.4, -0.2) is 41.0 Å². The van der Waals surface area contributed by atoms with E-state index in [0.29, 0.717) is 17.7 Å². The molecule has 1 saturated heterocycles. The molecule has 3 heteroatoms. The summed E-state index contributed by atoms with van der Waals surface area (Å²) >= 11 is 0. The highest BCUT2D eigenvalue weighted by molar-refractivity contribution is 5.81. The van der Waals surface area contributed by atoms with E-state index >= 15 is 0 Å². The van der Waals surface area contributed by atoms with E-state index in [4.69, 9.17) is 0 Å². The molecule has 2 fully saturated rings. The van der Waals surface area contributed by atoms with Crippen LogP contribution in [-0.2, 0) is 4.79 Å². The first-order chi connectivity index (χ1) is 6.66. The third-order valence-electron chi connectivity index (χ3n) is 3.67. The first-order valence-corrected chi connectivity index (χ1v) is 5.60. The summed E-state index contributed by atoms with van der Waals surface area (Å²) in [4.78, 5) is 13.5. The van der Waals surface area contributed by atoms with Gasteiger partial charge in [-0.05, 0) is 32.2 Å². The minimum atomic E-state index is -0.197. The minimum absolute atomic E-state index is 0.197. The molecule has 3 unspecified atom stereocenters. The molecule has 2 aliphatic rings. The highest BCUT2D eigenvalue weighted by Gasteiger charge is 2.34. The van der Waals surface area contributed by atoms with Crippen LogP contribution in [0.1, 0.15) is 32.6 Å². The molecule has 0 aromatic carbocycles. The van der Waals surface area contributed by atoms with Gasteiger partial charge in [0.15, 0.2) is 0 Å². The summed E-state index contributed by atoms with van der Waals surface area (Å²) in [7, 11) is 0. The first-order valence-electron chi connectivity index (χ1n) is 5.60. The summed E-state index contributed by atoms with van der Waals surface area (Å²) in [5, 5.41) is 9.47. The van der Waals surface area contributed by atoms with E-state index in [1.54, 1.807) is 0 Å². The van der Waals surface area contributed by atoms with Gasteiger partial charge in [-0.3, -0.25) is 9.69 Å². The Hall–Kier alpha value is -0.410. The third kappa shape index (κ3) is 1.98. The van der Waals surface area contributed by atoms with Gasteiger partial charge in [-0.15, -0.1) is 0 Å². The highest BCUT2D eigenvalue weighted by Crippen LogP contribution is 2.28. The van der Waals surface area contributed by atoms with Crippen LogP contribution in [0.15, 0.2) is 0 Å². The third-order valence-corrected chi connectivity index (χ3v) is 3.67. The van der Waals surface area contributed by atoms with Crippen molar-refractivity contribution in [2.75, 3.05) is 13.1 Å². The molecule has 3 atom stereocenters. The summed E-state index contributed by atoms with van der Waals surface area (Å²) < 4.78 is 0. The Morgan fingerprint density at radius 1 is 1.50 bits per heavy atom. The molecule has 0 aromatic heterocycles. The molecule has 0 aromatic rings. The van der Waals surface area contributed by atoms with Crippen LogP contribution in [0.3, 0.4) is 0 Å². The van der Waals surface area contributed by atoms with E-state index in [2.05, 4.69) is 4.90 Å². The lowest BCUT2D eigenvalue weighted by Gasteiger charge is -2.23. The van der Waals surface area contributed by atoms with E-state index in [-0.39, 0.29) is 6.10 Å². The predicted octanol–water partition coefficient (Wildman–Crippen LogP) is 0.811. The molecule has 0 spiro atoms. The van der Waals surface area contributed by atoms with Crippen LogP contribution in [0.4, 0.5) is 0 Å². The van der Waals surface area contributed by atoms with Gasteiger partial charge in [0.2, 0.25) is 0 Å². The van der Waals surface area contributed by atoms with Crippen LogP contribution in [0.25, 0.3) is 0 Å². The van der Waals surface area contributed by atoms with Crippen molar-refractivity contribution in [3.8, 4) is 0 Å². The standard InChI is InChI=1S/C11H19NO2/c1-8(13)9-4-5-12(7-9)10-2-3-11(14)6-10/h8-10,13H,2-7H2,1H3. The Bertz CT molecular complexity index is 227. The molecule has 1 aliphatic carbocycles. The molecule has 2 rings (SSSR count). The van der Waals surface area contributed by atoms with E-state index in [1.165, 1.54) is 0 Å². The summed E-state index contributed by atoms with van der Waals surface area (Å²) in [5.74, 6) is 0.834. The van der Waals surface area contributed by atoms with Crippen molar-refractivity contribution in [3.63, 3.8) is 0 Å². The predicted molar refractivity (Wildman–Crippen MR) is 54.0 cm³/mol. The molecule has 0 amide bonds. The average Bonchev–Trinajstić information content (AvgIpc) is 2.70. The van der Waals surface area contributed by atoms with Gasteiger partial charge in [0.05, 0.1) is 6.10 Å². The Morgan fingerprint density at radius 2 is 2.29 bits per heavy atom. The second-order valence-corrected chi connectivity index (χ2v) is 4.72. The summed E-state index contributed by atoms with van der Waals surface area (Å²) in [5.41, 5.74) is 0. The lowest BCUT2D eigenvalue weighted by atomic mass is 10.0. The SMILES string of the molecule is CC(O)C1CCN(C2CCC(=O)C2)C1. The molecule has 0 radical (unpaired) electrons. The summed E-state index contributed by atoms with van der Waals surface area (Å²) in [6, 6.07) is 0.478. The first kappa shape index (κ1) is 10.1. The number of carbonyl (C=O) groups is 1. The van der Waals surface area contributed by atoms with Crippen molar-refractivity contribution in [2.24, 2.45) is 5.92 Å². The Kier molecular flexibility index (Phi) is 2.88. The molecule has 1 saturated carbocycles. The number of aliphatic hydroxyl groups excluding tert-OH is 1. The van der Waals surface area contributed by atoms with Gasteiger partial charge in [0.25, 0.3) is 0 Å². The number of aliphatic hydroxyl groups is 1. The Balaban J connectivity index is 1.86. The zero-order chi connectivity index (χ0) is 10.1. The monoisotopic (exact) mass is 197 g/mol. The van der Waals surface area contributed by atoms with E-state index in [1.807, 2.05) is 6.92 Å². The van der Waals surface area contributed by atoms with Crippen molar-refractivity contribution in [2.45, 2.75) is 44.8 Å². The van der Waals surface area contributed by atoms with Crippen LogP contribution >= 0.6 is 0 Å². The number of hydrogen-bond acceptors (Lipinski definition) is 3. The minimum Gasteiger partial charge on any atom is -0.393 e. The molecular formula is C11H19NO2. The van der Waals surface area contributed by atoms with Gasteiger partial charge >= 0.3 is 0 Å². The van der Waals surface area contributed by atoms with Crippen LogP contribution in [0.2, 0.25) is 0 Å². The number of Topliss-reactive ketones (excluding diaryl/α,β-unsaturated/α-hetero) is 1. The van der Waals surface area contributed by atoms with Gasteiger partial charge < -0.3 is 5.11 Å². The Morgan fingerprint density at radius 3 is 2.79 bits per heavy atom. The van der Waals surface area contributed by atoms with Gasteiger partial charge in [-0.1, -0.05) is 0 Å². The molecule has 1 N–H and O–H groups in total. The van der Waals surface area contributed by atoms with Crippen molar-refractivity contribution in [1.82, 2.24) is 4.90 Å². The molecule has 1 aliphatic heterocycles.